The number of fused-ring (bicyclic) bond motifs is 1. The average molecular weight is 310 g/mol. The second kappa shape index (κ2) is 6.42. The van der Waals surface area contributed by atoms with Crippen LogP contribution in [0.3, 0.4) is 0 Å². The van der Waals surface area contributed by atoms with Gasteiger partial charge in [0.1, 0.15) is 5.75 Å². The summed E-state index contributed by atoms with van der Waals surface area (Å²) in [5.41, 5.74) is 5.82. The molecule has 0 radical (unpaired) electrons. The fourth-order valence-corrected chi connectivity index (χ4v) is 3.02. The fourth-order valence-electron chi connectivity index (χ4n) is 3.02. The van der Waals surface area contributed by atoms with E-state index in [4.69, 9.17) is 9.47 Å². The van der Waals surface area contributed by atoms with E-state index in [1.807, 2.05) is 18.3 Å². The summed E-state index contributed by atoms with van der Waals surface area (Å²) in [6, 6.07) is 10.1. The molecule has 3 rings (SSSR count). The minimum absolute atomic E-state index is 0.682. The minimum Gasteiger partial charge on any atom is -0.497 e. The molecule has 4 heteroatoms. The standard InChI is InChI=1S/C19H22N2O2/c1-13-14(2)21(11-12-22-3)19-17(13)9-10-20-18(19)15-5-7-16(23-4)8-6-15/h5-10H,11-12H2,1-4H3. The normalized spacial score (nSPS) is 11.1. The Morgan fingerprint density at radius 3 is 2.43 bits per heavy atom. The first-order valence-corrected chi connectivity index (χ1v) is 7.75. The third-order valence-electron chi connectivity index (χ3n) is 4.43. The Morgan fingerprint density at radius 2 is 1.78 bits per heavy atom. The smallest absolute Gasteiger partial charge is 0.118 e. The van der Waals surface area contributed by atoms with Gasteiger partial charge in [-0.1, -0.05) is 0 Å². The van der Waals surface area contributed by atoms with Gasteiger partial charge in [-0.3, -0.25) is 4.98 Å². The van der Waals surface area contributed by atoms with Gasteiger partial charge < -0.3 is 14.0 Å². The van der Waals surface area contributed by atoms with Crippen molar-refractivity contribution in [2.45, 2.75) is 20.4 Å². The summed E-state index contributed by atoms with van der Waals surface area (Å²) in [4.78, 5) is 4.65. The van der Waals surface area contributed by atoms with Gasteiger partial charge in [0.25, 0.3) is 0 Å². The van der Waals surface area contributed by atoms with E-state index < -0.39 is 0 Å². The van der Waals surface area contributed by atoms with Crippen LogP contribution in [0.25, 0.3) is 22.2 Å². The van der Waals surface area contributed by atoms with Crippen molar-refractivity contribution >= 4 is 10.9 Å². The Kier molecular flexibility index (Phi) is 4.35. The highest BCUT2D eigenvalue weighted by Crippen LogP contribution is 2.32. The predicted octanol–water partition coefficient (Wildman–Crippen LogP) is 3.98. The number of aryl methyl sites for hydroxylation is 1. The molecule has 0 aliphatic carbocycles. The Balaban J connectivity index is 2.21. The topological polar surface area (TPSA) is 36.3 Å². The van der Waals surface area contributed by atoms with E-state index in [0.717, 1.165) is 23.6 Å². The third-order valence-corrected chi connectivity index (χ3v) is 4.43. The SMILES string of the molecule is COCCn1c(C)c(C)c2ccnc(-c3ccc(OC)cc3)c21. The van der Waals surface area contributed by atoms with Crippen LogP contribution < -0.4 is 4.74 Å². The van der Waals surface area contributed by atoms with E-state index in [1.54, 1.807) is 14.2 Å². The Morgan fingerprint density at radius 1 is 1.04 bits per heavy atom. The molecule has 0 unspecified atom stereocenters. The first-order valence-electron chi connectivity index (χ1n) is 7.75. The molecule has 0 fully saturated rings. The lowest BCUT2D eigenvalue weighted by Gasteiger charge is -2.11. The van der Waals surface area contributed by atoms with Crippen LogP contribution in [-0.4, -0.2) is 30.4 Å². The van der Waals surface area contributed by atoms with Crippen molar-refractivity contribution in [3.05, 3.63) is 47.8 Å². The van der Waals surface area contributed by atoms with Crippen molar-refractivity contribution in [2.75, 3.05) is 20.8 Å². The number of methoxy groups -OCH3 is 2. The van der Waals surface area contributed by atoms with Gasteiger partial charge in [0.15, 0.2) is 0 Å². The zero-order valence-corrected chi connectivity index (χ0v) is 14.1. The van der Waals surface area contributed by atoms with Crippen LogP contribution in [0, 0.1) is 13.8 Å². The maximum absolute atomic E-state index is 5.28. The van der Waals surface area contributed by atoms with E-state index in [-0.39, 0.29) is 0 Å². The van der Waals surface area contributed by atoms with Gasteiger partial charge in [0.05, 0.1) is 24.9 Å². The van der Waals surface area contributed by atoms with Crippen molar-refractivity contribution in [1.82, 2.24) is 9.55 Å². The molecule has 23 heavy (non-hydrogen) atoms. The van der Waals surface area contributed by atoms with Crippen LogP contribution in [0.2, 0.25) is 0 Å². The largest absolute Gasteiger partial charge is 0.497 e. The molecule has 0 aliphatic rings. The quantitative estimate of drug-likeness (QED) is 0.715. The maximum atomic E-state index is 5.28. The zero-order valence-electron chi connectivity index (χ0n) is 14.1. The number of rotatable bonds is 5. The molecule has 0 N–H and O–H groups in total. The molecule has 0 aliphatic heterocycles. The van der Waals surface area contributed by atoms with Gasteiger partial charge in [-0.25, -0.2) is 0 Å². The highest BCUT2D eigenvalue weighted by molar-refractivity contribution is 5.95. The number of hydrogen-bond donors (Lipinski definition) is 0. The summed E-state index contributed by atoms with van der Waals surface area (Å²) in [5, 5.41) is 1.25. The second-order valence-electron chi connectivity index (χ2n) is 5.64. The number of aromatic nitrogens is 2. The summed E-state index contributed by atoms with van der Waals surface area (Å²) in [6.45, 7) is 5.82. The van der Waals surface area contributed by atoms with Gasteiger partial charge in [-0.2, -0.15) is 0 Å². The molecule has 0 atom stereocenters. The van der Waals surface area contributed by atoms with Crippen molar-refractivity contribution in [3.63, 3.8) is 0 Å². The van der Waals surface area contributed by atoms with Crippen molar-refractivity contribution in [2.24, 2.45) is 0 Å². The molecule has 0 spiro atoms. The third kappa shape index (κ3) is 2.70. The Labute approximate surface area is 136 Å². The summed E-state index contributed by atoms with van der Waals surface area (Å²) in [6.07, 6.45) is 1.88. The van der Waals surface area contributed by atoms with Crippen LogP contribution in [0.15, 0.2) is 36.5 Å². The van der Waals surface area contributed by atoms with Crippen LogP contribution in [0.1, 0.15) is 11.3 Å². The number of benzene rings is 1. The summed E-state index contributed by atoms with van der Waals surface area (Å²) < 4.78 is 12.8. The molecule has 0 saturated carbocycles. The molecule has 2 heterocycles. The molecule has 0 amide bonds. The molecule has 120 valence electrons. The number of pyridine rings is 1. The van der Waals surface area contributed by atoms with Gasteiger partial charge in [0, 0.05) is 36.5 Å². The molecule has 1 aromatic carbocycles. The van der Waals surface area contributed by atoms with Gasteiger partial charge in [0.2, 0.25) is 0 Å². The molecule has 2 aromatic heterocycles. The average Bonchev–Trinajstić information content (AvgIpc) is 2.84. The number of hydrogen-bond acceptors (Lipinski definition) is 3. The van der Waals surface area contributed by atoms with Gasteiger partial charge >= 0.3 is 0 Å². The van der Waals surface area contributed by atoms with E-state index in [1.165, 1.54) is 22.2 Å². The summed E-state index contributed by atoms with van der Waals surface area (Å²) >= 11 is 0. The number of nitrogens with zero attached hydrogens (tertiary/aromatic N) is 2. The zero-order chi connectivity index (χ0) is 16.4. The van der Waals surface area contributed by atoms with E-state index in [0.29, 0.717) is 6.61 Å². The fraction of sp³-hybridized carbons (Fsp3) is 0.316. The molecule has 3 aromatic rings. The molecule has 4 nitrogen and oxygen atoms in total. The lowest BCUT2D eigenvalue weighted by molar-refractivity contribution is 0.188. The number of ether oxygens (including phenoxy) is 2. The van der Waals surface area contributed by atoms with Gasteiger partial charge in [-0.05, 0) is 49.7 Å². The van der Waals surface area contributed by atoms with Crippen LogP contribution >= 0.6 is 0 Å². The molecular formula is C19H22N2O2. The molecule has 0 saturated heterocycles. The second-order valence-corrected chi connectivity index (χ2v) is 5.64. The highest BCUT2D eigenvalue weighted by Gasteiger charge is 2.16. The first-order chi connectivity index (χ1) is 11.2. The first kappa shape index (κ1) is 15.6. The van der Waals surface area contributed by atoms with Crippen LogP contribution in [0.5, 0.6) is 5.75 Å². The molecule has 0 bridgehead atoms. The summed E-state index contributed by atoms with van der Waals surface area (Å²) in [5.74, 6) is 0.850. The van der Waals surface area contributed by atoms with E-state index in [9.17, 15) is 0 Å². The maximum Gasteiger partial charge on any atom is 0.118 e. The van der Waals surface area contributed by atoms with Gasteiger partial charge in [-0.15, -0.1) is 0 Å². The monoisotopic (exact) mass is 310 g/mol. The van der Waals surface area contributed by atoms with Crippen molar-refractivity contribution in [1.29, 1.82) is 0 Å². The molecular weight excluding hydrogens is 288 g/mol. The Hall–Kier alpha value is -2.33. The summed E-state index contributed by atoms with van der Waals surface area (Å²) in [7, 11) is 3.41. The van der Waals surface area contributed by atoms with Crippen LogP contribution in [-0.2, 0) is 11.3 Å². The van der Waals surface area contributed by atoms with E-state index >= 15 is 0 Å². The predicted molar refractivity (Wildman–Crippen MR) is 93.1 cm³/mol. The van der Waals surface area contributed by atoms with Crippen molar-refractivity contribution < 1.29 is 9.47 Å². The van der Waals surface area contributed by atoms with Crippen LogP contribution in [0.4, 0.5) is 0 Å². The lowest BCUT2D eigenvalue weighted by Crippen LogP contribution is -2.06. The highest BCUT2D eigenvalue weighted by atomic mass is 16.5. The Bertz CT molecular complexity index is 819. The van der Waals surface area contributed by atoms with E-state index in [2.05, 4.69) is 41.6 Å². The minimum atomic E-state index is 0.682. The lowest BCUT2D eigenvalue weighted by atomic mass is 10.1. The van der Waals surface area contributed by atoms with Crippen molar-refractivity contribution in [3.8, 4) is 17.0 Å².